The average molecular weight is 395 g/mol. The van der Waals surface area contributed by atoms with Crippen LogP contribution in [0.15, 0.2) is 15.8 Å². The van der Waals surface area contributed by atoms with Crippen molar-refractivity contribution in [2.75, 3.05) is 17.2 Å². The highest BCUT2D eigenvalue weighted by Crippen LogP contribution is 2.36. The first-order valence-corrected chi connectivity index (χ1v) is 10.9. The van der Waals surface area contributed by atoms with Crippen molar-refractivity contribution in [3.05, 3.63) is 21.9 Å². The second kappa shape index (κ2) is 7.05. The minimum Gasteiger partial charge on any atom is -0.337 e. The summed E-state index contributed by atoms with van der Waals surface area (Å²) in [6.45, 7) is 3.05. The Labute approximate surface area is 158 Å². The van der Waals surface area contributed by atoms with Crippen LogP contribution >= 0.6 is 34.4 Å². The van der Waals surface area contributed by atoms with Gasteiger partial charge in [-0.1, -0.05) is 23.1 Å². The summed E-state index contributed by atoms with van der Waals surface area (Å²) in [7, 11) is 0. The Morgan fingerprint density at radius 1 is 1.40 bits per heavy atom. The van der Waals surface area contributed by atoms with Crippen LogP contribution in [0.3, 0.4) is 0 Å². The third kappa shape index (κ3) is 3.73. The van der Waals surface area contributed by atoms with Crippen molar-refractivity contribution in [2.24, 2.45) is 0 Å². The molecule has 0 unspecified atom stereocenters. The monoisotopic (exact) mass is 394 g/mol. The van der Waals surface area contributed by atoms with E-state index in [1.807, 2.05) is 4.90 Å². The molecule has 0 radical (unpaired) electrons. The summed E-state index contributed by atoms with van der Waals surface area (Å²) in [5.74, 6) is 0.493. The van der Waals surface area contributed by atoms with E-state index in [4.69, 9.17) is 0 Å². The second-order valence-electron chi connectivity index (χ2n) is 6.19. The summed E-state index contributed by atoms with van der Waals surface area (Å²) in [6.07, 6.45) is 3.00. The topological polar surface area (TPSA) is 66.4 Å². The summed E-state index contributed by atoms with van der Waals surface area (Å²) in [6, 6.07) is 2.38. The molecule has 0 bridgehead atoms. The lowest BCUT2D eigenvalue weighted by molar-refractivity contribution is -0.129. The molecule has 6 nitrogen and oxygen atoms in total. The van der Waals surface area contributed by atoms with Gasteiger partial charge in [0.1, 0.15) is 0 Å². The van der Waals surface area contributed by atoms with Crippen molar-refractivity contribution in [1.29, 1.82) is 0 Å². The molecule has 25 heavy (non-hydrogen) atoms. The number of nitrogens with zero attached hydrogens (tertiary/aromatic N) is 4. The second-order valence-corrected chi connectivity index (χ2v) is 9.37. The first-order chi connectivity index (χ1) is 12.1. The Balaban J connectivity index is 1.34. The van der Waals surface area contributed by atoms with Gasteiger partial charge < -0.3 is 4.90 Å². The van der Waals surface area contributed by atoms with Crippen LogP contribution in [0, 0.1) is 0 Å². The van der Waals surface area contributed by atoms with Crippen LogP contribution in [0.4, 0.5) is 5.13 Å². The van der Waals surface area contributed by atoms with Crippen molar-refractivity contribution in [3.8, 4) is 0 Å². The highest BCUT2D eigenvalue weighted by molar-refractivity contribution is 8.01. The number of carbonyl (C=O) groups excluding carboxylic acids is 2. The third-order valence-corrected chi connectivity index (χ3v) is 7.40. The van der Waals surface area contributed by atoms with Crippen LogP contribution < -0.4 is 4.90 Å². The van der Waals surface area contributed by atoms with E-state index in [2.05, 4.69) is 21.6 Å². The standard InChI is InChI=1S/C16H18N4O2S3/c1-10(21)20(12-2-3-12)15-17-18-16(25-15)24-9-14(22)19-6-4-13-11(8-19)5-7-23-13/h5,7,12H,2-4,6,8-9H2,1H3. The zero-order chi connectivity index (χ0) is 17.4. The minimum atomic E-state index is 0.00570. The van der Waals surface area contributed by atoms with Crippen LogP contribution in [0.5, 0.6) is 0 Å². The summed E-state index contributed by atoms with van der Waals surface area (Å²) in [5.41, 5.74) is 1.27. The van der Waals surface area contributed by atoms with Crippen LogP contribution in [-0.2, 0) is 22.6 Å². The highest BCUT2D eigenvalue weighted by atomic mass is 32.2. The van der Waals surface area contributed by atoms with Gasteiger partial charge in [0, 0.05) is 30.9 Å². The molecule has 0 spiro atoms. The number of hydrogen-bond acceptors (Lipinski definition) is 7. The number of thioether (sulfide) groups is 1. The third-order valence-electron chi connectivity index (χ3n) is 4.33. The maximum absolute atomic E-state index is 12.5. The molecule has 2 aromatic rings. The first-order valence-electron chi connectivity index (χ1n) is 8.21. The number of hydrogen-bond donors (Lipinski definition) is 0. The Hall–Kier alpha value is -1.45. The fraction of sp³-hybridized carbons (Fsp3) is 0.500. The van der Waals surface area contributed by atoms with E-state index in [9.17, 15) is 9.59 Å². The fourth-order valence-electron chi connectivity index (χ4n) is 2.92. The Bertz CT molecular complexity index is 799. The summed E-state index contributed by atoms with van der Waals surface area (Å²) >= 11 is 4.57. The smallest absolute Gasteiger partial charge is 0.233 e. The predicted molar refractivity (Wildman–Crippen MR) is 100 cm³/mol. The lowest BCUT2D eigenvalue weighted by Crippen LogP contribution is -2.36. The van der Waals surface area contributed by atoms with Gasteiger partial charge in [-0.15, -0.1) is 21.5 Å². The van der Waals surface area contributed by atoms with Crippen LogP contribution in [-0.4, -0.2) is 45.3 Å². The SMILES string of the molecule is CC(=O)N(c1nnc(SCC(=O)N2CCc3sccc3C2)s1)C1CC1. The molecule has 1 fully saturated rings. The van der Waals surface area contributed by atoms with Gasteiger partial charge in [0.25, 0.3) is 0 Å². The molecule has 0 aromatic carbocycles. The molecule has 9 heteroatoms. The Morgan fingerprint density at radius 2 is 2.24 bits per heavy atom. The molecule has 0 atom stereocenters. The van der Waals surface area contributed by atoms with Crippen molar-refractivity contribution in [3.63, 3.8) is 0 Å². The van der Waals surface area contributed by atoms with E-state index >= 15 is 0 Å². The van der Waals surface area contributed by atoms with Gasteiger partial charge >= 0.3 is 0 Å². The van der Waals surface area contributed by atoms with E-state index in [0.717, 1.165) is 30.1 Å². The van der Waals surface area contributed by atoms with Crippen molar-refractivity contribution in [2.45, 2.75) is 43.1 Å². The summed E-state index contributed by atoms with van der Waals surface area (Å²) in [5, 5.41) is 11.0. The van der Waals surface area contributed by atoms with E-state index in [1.165, 1.54) is 33.5 Å². The zero-order valence-electron chi connectivity index (χ0n) is 13.8. The van der Waals surface area contributed by atoms with E-state index in [0.29, 0.717) is 17.4 Å². The van der Waals surface area contributed by atoms with Gasteiger partial charge in [-0.3, -0.25) is 14.5 Å². The fourth-order valence-corrected chi connectivity index (χ4v) is 5.66. The van der Waals surface area contributed by atoms with Gasteiger partial charge in [0.2, 0.25) is 16.9 Å². The number of thiophene rings is 1. The molecule has 2 aliphatic rings. The Morgan fingerprint density at radius 3 is 3.00 bits per heavy atom. The first kappa shape index (κ1) is 17.0. The number of anilines is 1. The molecular formula is C16H18N4O2S3. The average Bonchev–Trinajstić information content (AvgIpc) is 3.12. The lowest BCUT2D eigenvalue weighted by Gasteiger charge is -2.26. The number of carbonyl (C=O) groups is 2. The van der Waals surface area contributed by atoms with Crippen molar-refractivity contribution < 1.29 is 9.59 Å². The molecule has 1 saturated carbocycles. The van der Waals surface area contributed by atoms with Crippen LogP contribution in [0.2, 0.25) is 0 Å². The number of aromatic nitrogens is 2. The molecular weight excluding hydrogens is 376 g/mol. The van der Waals surface area contributed by atoms with Gasteiger partial charge in [0.15, 0.2) is 4.34 Å². The van der Waals surface area contributed by atoms with Crippen LogP contribution in [0.1, 0.15) is 30.2 Å². The maximum Gasteiger partial charge on any atom is 0.233 e. The Kier molecular flexibility index (Phi) is 4.79. The largest absolute Gasteiger partial charge is 0.337 e. The maximum atomic E-state index is 12.5. The van der Waals surface area contributed by atoms with Gasteiger partial charge in [-0.05, 0) is 36.3 Å². The summed E-state index contributed by atoms with van der Waals surface area (Å²) in [4.78, 5) is 29.3. The normalized spacial score (nSPS) is 16.6. The van der Waals surface area contributed by atoms with E-state index in [-0.39, 0.29) is 17.9 Å². The zero-order valence-corrected chi connectivity index (χ0v) is 16.3. The van der Waals surface area contributed by atoms with Crippen molar-refractivity contribution >= 4 is 51.4 Å². The number of fused-ring (bicyclic) bond motifs is 1. The quantitative estimate of drug-likeness (QED) is 0.576. The molecule has 4 rings (SSSR count). The molecule has 3 heterocycles. The molecule has 2 amide bonds. The molecule has 0 N–H and O–H groups in total. The van der Waals surface area contributed by atoms with E-state index < -0.39 is 0 Å². The van der Waals surface area contributed by atoms with Crippen molar-refractivity contribution in [1.82, 2.24) is 15.1 Å². The van der Waals surface area contributed by atoms with Gasteiger partial charge in [-0.2, -0.15) is 0 Å². The van der Waals surface area contributed by atoms with Gasteiger partial charge in [-0.25, -0.2) is 0 Å². The minimum absolute atomic E-state index is 0.00570. The molecule has 0 saturated heterocycles. The number of amides is 2. The van der Waals surface area contributed by atoms with Crippen LogP contribution in [0.25, 0.3) is 0 Å². The molecule has 1 aliphatic heterocycles. The number of rotatable bonds is 5. The highest BCUT2D eigenvalue weighted by Gasteiger charge is 2.34. The predicted octanol–water partition coefficient (Wildman–Crippen LogP) is 2.79. The summed E-state index contributed by atoms with van der Waals surface area (Å²) < 4.78 is 0.739. The molecule has 132 valence electrons. The van der Waals surface area contributed by atoms with E-state index in [1.54, 1.807) is 23.2 Å². The molecule has 2 aromatic heterocycles. The lowest BCUT2D eigenvalue weighted by atomic mass is 10.1. The van der Waals surface area contributed by atoms with Gasteiger partial charge in [0.05, 0.1) is 5.75 Å². The molecule has 1 aliphatic carbocycles.